The Balaban J connectivity index is 1.59. The van der Waals surface area contributed by atoms with E-state index in [0.29, 0.717) is 19.7 Å². The van der Waals surface area contributed by atoms with Crippen molar-refractivity contribution in [1.29, 1.82) is 0 Å². The number of halogens is 1. The molecule has 0 saturated carbocycles. The SMILES string of the molecule is Cn1cnc(S(=O)(=O)N2C[C@H](COc3ccccc3)[C@@H](c3ccc(F)cc3)C2)c1. The Morgan fingerprint density at radius 2 is 1.83 bits per heavy atom. The van der Waals surface area contributed by atoms with Gasteiger partial charge >= 0.3 is 0 Å². The maximum Gasteiger partial charge on any atom is 0.262 e. The minimum atomic E-state index is -3.71. The van der Waals surface area contributed by atoms with Gasteiger partial charge in [0.1, 0.15) is 11.6 Å². The summed E-state index contributed by atoms with van der Waals surface area (Å²) in [4.78, 5) is 4.01. The van der Waals surface area contributed by atoms with Crippen molar-refractivity contribution in [2.75, 3.05) is 19.7 Å². The molecule has 152 valence electrons. The van der Waals surface area contributed by atoms with E-state index in [4.69, 9.17) is 4.74 Å². The Kier molecular flexibility index (Phi) is 5.38. The molecular weight excluding hydrogens is 393 g/mol. The number of imidazole rings is 1. The number of aryl methyl sites for hydroxylation is 1. The van der Waals surface area contributed by atoms with Crippen LogP contribution in [-0.4, -0.2) is 42.0 Å². The molecule has 1 aliphatic heterocycles. The number of hydrogen-bond acceptors (Lipinski definition) is 4. The van der Waals surface area contributed by atoms with Gasteiger partial charge in [-0.1, -0.05) is 30.3 Å². The number of para-hydroxylation sites is 1. The highest BCUT2D eigenvalue weighted by Gasteiger charge is 2.41. The Morgan fingerprint density at radius 3 is 2.48 bits per heavy atom. The van der Waals surface area contributed by atoms with Crippen molar-refractivity contribution in [3.63, 3.8) is 0 Å². The molecule has 1 aromatic heterocycles. The van der Waals surface area contributed by atoms with Crippen LogP contribution in [0.2, 0.25) is 0 Å². The van der Waals surface area contributed by atoms with Gasteiger partial charge in [0.15, 0.2) is 5.03 Å². The van der Waals surface area contributed by atoms with Gasteiger partial charge in [-0.05, 0) is 29.8 Å². The highest BCUT2D eigenvalue weighted by atomic mass is 32.2. The van der Waals surface area contributed by atoms with E-state index in [9.17, 15) is 12.8 Å². The monoisotopic (exact) mass is 415 g/mol. The van der Waals surface area contributed by atoms with Crippen molar-refractivity contribution in [3.8, 4) is 5.75 Å². The van der Waals surface area contributed by atoms with Crippen LogP contribution in [0.1, 0.15) is 11.5 Å². The number of benzene rings is 2. The summed E-state index contributed by atoms with van der Waals surface area (Å²) in [6, 6.07) is 15.7. The van der Waals surface area contributed by atoms with Crippen molar-refractivity contribution < 1.29 is 17.5 Å². The maximum atomic E-state index is 13.4. The van der Waals surface area contributed by atoms with Crippen molar-refractivity contribution in [1.82, 2.24) is 13.9 Å². The number of hydrogen-bond donors (Lipinski definition) is 0. The van der Waals surface area contributed by atoms with Gasteiger partial charge in [-0.2, -0.15) is 4.31 Å². The molecule has 0 spiro atoms. The second kappa shape index (κ2) is 7.96. The molecule has 2 atom stereocenters. The summed E-state index contributed by atoms with van der Waals surface area (Å²) in [6.45, 7) is 0.974. The molecule has 0 radical (unpaired) electrons. The maximum absolute atomic E-state index is 13.4. The predicted molar refractivity (Wildman–Crippen MR) is 107 cm³/mol. The number of sulfonamides is 1. The molecule has 2 aromatic carbocycles. The van der Waals surface area contributed by atoms with E-state index < -0.39 is 10.0 Å². The second-order valence-electron chi connectivity index (χ2n) is 7.24. The lowest BCUT2D eigenvalue weighted by molar-refractivity contribution is 0.244. The number of nitrogens with zero attached hydrogens (tertiary/aromatic N) is 3. The van der Waals surface area contributed by atoms with Crippen LogP contribution in [0.4, 0.5) is 4.39 Å². The summed E-state index contributed by atoms with van der Waals surface area (Å²) in [7, 11) is -1.98. The fourth-order valence-electron chi connectivity index (χ4n) is 3.66. The Morgan fingerprint density at radius 1 is 1.10 bits per heavy atom. The molecule has 4 rings (SSSR count). The van der Waals surface area contributed by atoms with Crippen molar-refractivity contribution >= 4 is 10.0 Å². The van der Waals surface area contributed by atoms with Crippen LogP contribution >= 0.6 is 0 Å². The lowest BCUT2D eigenvalue weighted by Gasteiger charge is -2.19. The predicted octanol–water partition coefficient (Wildman–Crippen LogP) is 3.04. The van der Waals surface area contributed by atoms with Gasteiger partial charge in [-0.25, -0.2) is 17.8 Å². The molecule has 0 aliphatic carbocycles. The summed E-state index contributed by atoms with van der Waals surface area (Å²) in [6.07, 6.45) is 2.96. The van der Waals surface area contributed by atoms with Gasteiger partial charge in [0.2, 0.25) is 0 Å². The Labute approximate surface area is 169 Å². The molecule has 1 aliphatic rings. The van der Waals surface area contributed by atoms with E-state index in [1.54, 1.807) is 23.7 Å². The topological polar surface area (TPSA) is 64.4 Å². The third-order valence-corrected chi connectivity index (χ3v) is 6.92. The molecule has 2 heterocycles. The van der Waals surface area contributed by atoms with Crippen LogP contribution in [0.15, 0.2) is 72.1 Å². The fraction of sp³-hybridized carbons (Fsp3) is 0.286. The van der Waals surface area contributed by atoms with E-state index >= 15 is 0 Å². The van der Waals surface area contributed by atoms with E-state index in [-0.39, 0.29) is 22.7 Å². The van der Waals surface area contributed by atoms with Crippen molar-refractivity contribution in [2.24, 2.45) is 13.0 Å². The number of ether oxygens (including phenoxy) is 1. The van der Waals surface area contributed by atoms with Crippen molar-refractivity contribution in [3.05, 3.63) is 78.5 Å². The summed E-state index contributed by atoms with van der Waals surface area (Å²) in [5.74, 6) is 0.245. The molecule has 0 amide bonds. The fourth-order valence-corrected chi connectivity index (χ4v) is 5.15. The summed E-state index contributed by atoms with van der Waals surface area (Å²) >= 11 is 0. The first kappa shape index (κ1) is 19.6. The molecule has 1 saturated heterocycles. The molecule has 0 N–H and O–H groups in total. The first-order valence-electron chi connectivity index (χ1n) is 9.35. The summed E-state index contributed by atoms with van der Waals surface area (Å²) < 4.78 is 48.5. The largest absolute Gasteiger partial charge is 0.493 e. The van der Waals surface area contributed by atoms with E-state index in [0.717, 1.165) is 11.3 Å². The highest BCUT2D eigenvalue weighted by molar-refractivity contribution is 7.89. The van der Waals surface area contributed by atoms with Crippen LogP contribution in [0.5, 0.6) is 5.75 Å². The Bertz CT molecular complexity index is 1070. The lowest BCUT2D eigenvalue weighted by atomic mass is 9.89. The van der Waals surface area contributed by atoms with Gasteiger partial charge in [0, 0.05) is 38.2 Å². The third kappa shape index (κ3) is 4.18. The van der Waals surface area contributed by atoms with E-state index in [1.165, 1.54) is 29.0 Å². The zero-order valence-corrected chi connectivity index (χ0v) is 16.8. The standard InChI is InChI=1S/C21H22FN3O3S/c1-24-13-21(23-15-24)29(26,27)25-11-17(14-28-19-5-3-2-4-6-19)20(12-25)16-7-9-18(22)10-8-16/h2-10,13,15,17,20H,11-12,14H2,1H3/t17-,20-/m1/s1. The average molecular weight is 415 g/mol. The second-order valence-corrected chi connectivity index (χ2v) is 9.13. The molecule has 29 heavy (non-hydrogen) atoms. The van der Waals surface area contributed by atoms with Crippen LogP contribution in [0.3, 0.4) is 0 Å². The first-order chi connectivity index (χ1) is 13.9. The highest BCUT2D eigenvalue weighted by Crippen LogP contribution is 2.36. The molecule has 0 bridgehead atoms. The molecule has 3 aromatic rings. The zero-order valence-electron chi connectivity index (χ0n) is 16.0. The van der Waals surface area contributed by atoms with Crippen LogP contribution in [0.25, 0.3) is 0 Å². The molecule has 0 unspecified atom stereocenters. The van der Waals surface area contributed by atoms with E-state index in [1.807, 2.05) is 30.3 Å². The third-order valence-electron chi connectivity index (χ3n) is 5.20. The number of rotatable bonds is 6. The quantitative estimate of drug-likeness (QED) is 0.621. The minimum Gasteiger partial charge on any atom is -0.493 e. The smallest absolute Gasteiger partial charge is 0.262 e. The number of aromatic nitrogens is 2. The van der Waals surface area contributed by atoms with Gasteiger partial charge in [0.05, 0.1) is 12.9 Å². The molecular formula is C21H22FN3O3S. The van der Waals surface area contributed by atoms with Crippen molar-refractivity contribution in [2.45, 2.75) is 10.9 Å². The van der Waals surface area contributed by atoms with Gasteiger partial charge in [-0.3, -0.25) is 0 Å². The van der Waals surface area contributed by atoms with Gasteiger partial charge in [-0.15, -0.1) is 0 Å². The molecule has 8 heteroatoms. The minimum absolute atomic E-state index is 0.0301. The van der Waals surface area contributed by atoms with Crippen LogP contribution < -0.4 is 4.74 Å². The summed E-state index contributed by atoms with van der Waals surface area (Å²) in [5, 5.41) is 0.0301. The summed E-state index contributed by atoms with van der Waals surface area (Å²) in [5.41, 5.74) is 0.895. The average Bonchev–Trinajstić information content (AvgIpc) is 3.35. The Hall–Kier alpha value is -2.71. The molecule has 1 fully saturated rings. The molecule has 6 nitrogen and oxygen atoms in total. The van der Waals surface area contributed by atoms with Crippen LogP contribution in [-0.2, 0) is 17.1 Å². The lowest BCUT2D eigenvalue weighted by Crippen LogP contribution is -2.30. The van der Waals surface area contributed by atoms with E-state index in [2.05, 4.69) is 4.98 Å². The van der Waals surface area contributed by atoms with Gasteiger partial charge in [0.25, 0.3) is 10.0 Å². The van der Waals surface area contributed by atoms with Gasteiger partial charge < -0.3 is 9.30 Å². The van der Waals surface area contributed by atoms with Crippen LogP contribution in [0, 0.1) is 11.7 Å². The zero-order chi connectivity index (χ0) is 20.4. The normalized spacial score (nSPS) is 20.1. The first-order valence-corrected chi connectivity index (χ1v) is 10.8.